The summed E-state index contributed by atoms with van der Waals surface area (Å²) in [6, 6.07) is 5.19. The fraction of sp³-hybridized carbons (Fsp3) is 0.429. The van der Waals surface area contributed by atoms with Gasteiger partial charge < -0.3 is 20.8 Å². The van der Waals surface area contributed by atoms with Crippen LogP contribution in [-0.4, -0.2) is 34.9 Å². The molecule has 0 heterocycles. The number of aliphatic hydroxyl groups excluding tert-OH is 1. The minimum atomic E-state index is -1.61. The Labute approximate surface area is 117 Å². The number of aryl methyl sites for hydroxylation is 1. The van der Waals surface area contributed by atoms with Gasteiger partial charge in [-0.25, -0.2) is 9.59 Å². The van der Waals surface area contributed by atoms with E-state index in [4.69, 9.17) is 10.2 Å². The van der Waals surface area contributed by atoms with Crippen molar-refractivity contribution in [3.8, 4) is 0 Å². The third-order valence-electron chi connectivity index (χ3n) is 2.91. The van der Waals surface area contributed by atoms with Crippen LogP contribution in [-0.2, 0) is 4.79 Å². The van der Waals surface area contributed by atoms with E-state index in [-0.39, 0.29) is 12.5 Å². The molecule has 0 radical (unpaired) electrons. The maximum absolute atomic E-state index is 11.7. The molecule has 0 aromatic heterocycles. The topological polar surface area (TPSA) is 98.7 Å². The molecule has 0 aliphatic heterocycles. The van der Waals surface area contributed by atoms with Crippen LogP contribution in [0.5, 0.6) is 0 Å². The Hall–Kier alpha value is -2.08. The number of carboxylic acid groups (broad SMARTS) is 1. The highest BCUT2D eigenvalue weighted by molar-refractivity contribution is 5.91. The van der Waals surface area contributed by atoms with Crippen molar-refractivity contribution in [3.05, 3.63) is 29.3 Å². The number of rotatable bonds is 5. The Morgan fingerprint density at radius 3 is 2.50 bits per heavy atom. The van der Waals surface area contributed by atoms with Gasteiger partial charge in [0.25, 0.3) is 0 Å². The molecule has 0 bridgehead atoms. The molecule has 110 valence electrons. The second-order valence-corrected chi connectivity index (χ2v) is 4.88. The standard InChI is InChI=1S/C14H20N2O4/c1-8(2)10-6-4-5-9(3)12(10)16-14(20)15-7-11(17)13(18)19/h4-6,8,11,17H,7H2,1-3H3,(H,18,19)(H2,15,16,20)/t11-/m0/s1. The van der Waals surface area contributed by atoms with E-state index in [9.17, 15) is 9.59 Å². The molecule has 20 heavy (non-hydrogen) atoms. The highest BCUT2D eigenvalue weighted by Crippen LogP contribution is 2.27. The summed E-state index contributed by atoms with van der Waals surface area (Å²) >= 11 is 0. The molecular weight excluding hydrogens is 260 g/mol. The smallest absolute Gasteiger partial charge is 0.334 e. The van der Waals surface area contributed by atoms with E-state index in [1.807, 2.05) is 39.0 Å². The lowest BCUT2D eigenvalue weighted by Gasteiger charge is -2.17. The summed E-state index contributed by atoms with van der Waals surface area (Å²) in [5.41, 5.74) is 2.63. The summed E-state index contributed by atoms with van der Waals surface area (Å²) in [7, 11) is 0. The van der Waals surface area contributed by atoms with Crippen LogP contribution < -0.4 is 10.6 Å². The third kappa shape index (κ3) is 4.24. The van der Waals surface area contributed by atoms with Crippen molar-refractivity contribution in [1.82, 2.24) is 5.32 Å². The predicted octanol–water partition coefficient (Wildman–Crippen LogP) is 1.69. The molecule has 1 aromatic carbocycles. The Bertz CT molecular complexity index is 500. The van der Waals surface area contributed by atoms with E-state index in [1.165, 1.54) is 0 Å². The maximum Gasteiger partial charge on any atom is 0.334 e. The number of para-hydroxylation sites is 1. The maximum atomic E-state index is 11.7. The molecule has 1 rings (SSSR count). The average Bonchev–Trinajstić information content (AvgIpc) is 2.37. The van der Waals surface area contributed by atoms with E-state index >= 15 is 0 Å². The Kier molecular flexibility index (Phi) is 5.52. The predicted molar refractivity (Wildman–Crippen MR) is 75.9 cm³/mol. The van der Waals surface area contributed by atoms with Crippen LogP contribution in [0.25, 0.3) is 0 Å². The molecule has 0 aliphatic carbocycles. The molecule has 0 spiro atoms. The number of urea groups is 1. The van der Waals surface area contributed by atoms with Crippen molar-refractivity contribution in [1.29, 1.82) is 0 Å². The first kappa shape index (κ1) is 16.0. The van der Waals surface area contributed by atoms with Gasteiger partial charge in [0.15, 0.2) is 6.10 Å². The summed E-state index contributed by atoms with van der Waals surface area (Å²) < 4.78 is 0. The van der Waals surface area contributed by atoms with Crippen molar-refractivity contribution in [2.75, 3.05) is 11.9 Å². The summed E-state index contributed by atoms with van der Waals surface area (Å²) in [5.74, 6) is -1.13. The van der Waals surface area contributed by atoms with Crippen LogP contribution >= 0.6 is 0 Å². The van der Waals surface area contributed by atoms with Crippen molar-refractivity contribution in [2.45, 2.75) is 32.8 Å². The number of hydrogen-bond acceptors (Lipinski definition) is 3. The number of carboxylic acids is 1. The zero-order chi connectivity index (χ0) is 15.3. The minimum absolute atomic E-state index is 0.245. The highest BCUT2D eigenvalue weighted by Gasteiger charge is 2.15. The number of carbonyl (C=O) groups excluding carboxylic acids is 1. The fourth-order valence-electron chi connectivity index (χ4n) is 1.78. The molecule has 4 N–H and O–H groups in total. The van der Waals surface area contributed by atoms with Gasteiger partial charge in [-0.05, 0) is 24.0 Å². The Morgan fingerprint density at radius 1 is 1.30 bits per heavy atom. The van der Waals surface area contributed by atoms with Crippen LogP contribution in [0.4, 0.5) is 10.5 Å². The number of nitrogens with one attached hydrogen (secondary N) is 2. The van der Waals surface area contributed by atoms with Gasteiger partial charge in [0.05, 0.1) is 6.54 Å². The molecule has 0 unspecified atom stereocenters. The second kappa shape index (κ2) is 6.91. The lowest BCUT2D eigenvalue weighted by atomic mass is 9.98. The van der Waals surface area contributed by atoms with Crippen LogP contribution in [0.3, 0.4) is 0 Å². The highest BCUT2D eigenvalue weighted by atomic mass is 16.4. The third-order valence-corrected chi connectivity index (χ3v) is 2.91. The van der Waals surface area contributed by atoms with Gasteiger partial charge >= 0.3 is 12.0 Å². The van der Waals surface area contributed by atoms with Crippen LogP contribution in [0.2, 0.25) is 0 Å². The van der Waals surface area contributed by atoms with Crippen molar-refractivity contribution < 1.29 is 19.8 Å². The van der Waals surface area contributed by atoms with E-state index in [0.29, 0.717) is 5.69 Å². The number of carbonyl (C=O) groups is 2. The second-order valence-electron chi connectivity index (χ2n) is 4.88. The largest absolute Gasteiger partial charge is 0.479 e. The molecular formula is C14H20N2O4. The number of aliphatic hydroxyl groups is 1. The number of benzene rings is 1. The van der Waals surface area contributed by atoms with Crippen molar-refractivity contribution >= 4 is 17.7 Å². The van der Waals surface area contributed by atoms with Gasteiger partial charge in [-0.1, -0.05) is 32.0 Å². The molecule has 1 aromatic rings. The van der Waals surface area contributed by atoms with Crippen LogP contribution in [0, 0.1) is 6.92 Å². The molecule has 1 atom stereocenters. The van der Waals surface area contributed by atoms with Gasteiger partial charge in [0.2, 0.25) is 0 Å². The van der Waals surface area contributed by atoms with Crippen LogP contribution in [0.15, 0.2) is 18.2 Å². The summed E-state index contributed by atoms with van der Waals surface area (Å²) in [6.07, 6.45) is -1.61. The van der Waals surface area contributed by atoms with E-state index in [0.717, 1.165) is 11.1 Å². The summed E-state index contributed by atoms with van der Waals surface area (Å²) in [5, 5.41) is 22.6. The number of aliphatic carboxylic acids is 1. The van der Waals surface area contributed by atoms with Crippen molar-refractivity contribution in [3.63, 3.8) is 0 Å². The van der Waals surface area contributed by atoms with E-state index in [1.54, 1.807) is 0 Å². The zero-order valence-electron chi connectivity index (χ0n) is 11.8. The number of hydrogen-bond donors (Lipinski definition) is 4. The molecule has 0 fully saturated rings. The lowest BCUT2D eigenvalue weighted by Crippen LogP contribution is -2.39. The van der Waals surface area contributed by atoms with E-state index in [2.05, 4.69) is 10.6 Å². The van der Waals surface area contributed by atoms with Crippen LogP contribution in [0.1, 0.15) is 30.9 Å². The Morgan fingerprint density at radius 2 is 1.95 bits per heavy atom. The summed E-state index contributed by atoms with van der Waals surface area (Å²) in [6.45, 7) is 5.58. The van der Waals surface area contributed by atoms with Crippen molar-refractivity contribution in [2.24, 2.45) is 0 Å². The lowest BCUT2D eigenvalue weighted by molar-refractivity contribution is -0.146. The van der Waals surface area contributed by atoms with Gasteiger partial charge in [-0.15, -0.1) is 0 Å². The fourth-order valence-corrected chi connectivity index (χ4v) is 1.78. The van der Waals surface area contributed by atoms with Gasteiger partial charge in [0, 0.05) is 5.69 Å². The molecule has 2 amide bonds. The normalized spacial score (nSPS) is 12.1. The monoisotopic (exact) mass is 280 g/mol. The number of amides is 2. The molecule has 0 saturated heterocycles. The van der Waals surface area contributed by atoms with E-state index < -0.39 is 18.1 Å². The van der Waals surface area contributed by atoms with Gasteiger partial charge in [0.1, 0.15) is 0 Å². The Balaban J connectivity index is 2.73. The average molecular weight is 280 g/mol. The number of anilines is 1. The quantitative estimate of drug-likeness (QED) is 0.659. The van der Waals surface area contributed by atoms with Gasteiger partial charge in [-0.3, -0.25) is 0 Å². The zero-order valence-corrected chi connectivity index (χ0v) is 11.8. The SMILES string of the molecule is Cc1cccc(C(C)C)c1NC(=O)NC[C@H](O)C(=O)O. The first-order valence-electron chi connectivity index (χ1n) is 6.38. The molecule has 6 nitrogen and oxygen atoms in total. The minimum Gasteiger partial charge on any atom is -0.479 e. The molecule has 0 aliphatic rings. The first-order chi connectivity index (χ1) is 9.32. The summed E-state index contributed by atoms with van der Waals surface area (Å²) in [4.78, 5) is 22.2. The first-order valence-corrected chi connectivity index (χ1v) is 6.38. The van der Waals surface area contributed by atoms with Gasteiger partial charge in [-0.2, -0.15) is 0 Å². The molecule has 0 saturated carbocycles. The molecule has 6 heteroatoms.